The lowest BCUT2D eigenvalue weighted by atomic mass is 10.1. The molecule has 5 heteroatoms. The first-order valence-electron chi connectivity index (χ1n) is 7.32. The van der Waals surface area contributed by atoms with Crippen LogP contribution in [0.3, 0.4) is 0 Å². The van der Waals surface area contributed by atoms with Crippen molar-refractivity contribution in [3.63, 3.8) is 0 Å². The molecule has 5 nitrogen and oxygen atoms in total. The second-order valence-corrected chi connectivity index (χ2v) is 5.24. The Bertz CT molecular complexity index is 457. The van der Waals surface area contributed by atoms with Crippen molar-refractivity contribution in [2.24, 2.45) is 5.73 Å². The van der Waals surface area contributed by atoms with Crippen molar-refractivity contribution in [3.8, 4) is 0 Å². The molecule has 0 saturated carbocycles. The minimum Gasteiger partial charge on any atom is -0.481 e. The summed E-state index contributed by atoms with van der Waals surface area (Å²) in [5.74, 6) is -0.934. The fraction of sp³-hybridized carbons (Fsp3) is 0.500. The van der Waals surface area contributed by atoms with Gasteiger partial charge in [-0.15, -0.1) is 0 Å². The van der Waals surface area contributed by atoms with Crippen LogP contribution < -0.4 is 11.1 Å². The molecule has 0 aliphatic rings. The summed E-state index contributed by atoms with van der Waals surface area (Å²) >= 11 is 0. The molecule has 0 aliphatic heterocycles. The number of rotatable bonds is 9. The predicted octanol–water partition coefficient (Wildman–Crippen LogP) is 2.15. The van der Waals surface area contributed by atoms with Crippen molar-refractivity contribution in [2.45, 2.75) is 45.1 Å². The molecule has 0 radical (unpaired) electrons. The first kappa shape index (κ1) is 17.2. The molecule has 0 bridgehead atoms. The molecular formula is C16H24N2O3. The zero-order valence-electron chi connectivity index (χ0n) is 12.5. The van der Waals surface area contributed by atoms with Gasteiger partial charge < -0.3 is 16.2 Å². The van der Waals surface area contributed by atoms with Gasteiger partial charge in [0.25, 0.3) is 0 Å². The number of hydrogen-bond acceptors (Lipinski definition) is 3. The highest BCUT2D eigenvalue weighted by Crippen LogP contribution is 2.11. The molecule has 4 N–H and O–H groups in total. The van der Waals surface area contributed by atoms with Crippen LogP contribution in [0, 0.1) is 6.92 Å². The van der Waals surface area contributed by atoms with E-state index in [1.54, 1.807) is 0 Å². The number of carbonyl (C=O) groups excluding carboxylic acids is 1. The van der Waals surface area contributed by atoms with E-state index in [2.05, 4.69) is 5.32 Å². The lowest BCUT2D eigenvalue weighted by Crippen LogP contribution is -2.34. The quantitative estimate of drug-likeness (QED) is 0.608. The van der Waals surface area contributed by atoms with E-state index in [0.717, 1.165) is 30.4 Å². The highest BCUT2D eigenvalue weighted by molar-refractivity contribution is 5.82. The van der Waals surface area contributed by atoms with Gasteiger partial charge in [-0.25, -0.2) is 0 Å². The molecule has 0 fully saturated rings. The molecule has 1 aromatic rings. The Morgan fingerprint density at radius 3 is 2.38 bits per heavy atom. The molecular weight excluding hydrogens is 268 g/mol. The number of aliphatic carboxylic acids is 1. The zero-order chi connectivity index (χ0) is 15.7. The van der Waals surface area contributed by atoms with Crippen molar-refractivity contribution in [1.82, 2.24) is 5.32 Å². The van der Waals surface area contributed by atoms with Crippen molar-refractivity contribution in [3.05, 3.63) is 35.4 Å². The van der Waals surface area contributed by atoms with Gasteiger partial charge in [0.05, 0.1) is 0 Å². The third kappa shape index (κ3) is 6.90. The number of aryl methyl sites for hydroxylation is 1. The summed E-state index contributed by atoms with van der Waals surface area (Å²) < 4.78 is 0. The number of nitrogens with two attached hydrogens (primary N) is 1. The number of amides is 1. The molecule has 21 heavy (non-hydrogen) atoms. The van der Waals surface area contributed by atoms with E-state index in [1.807, 2.05) is 31.2 Å². The van der Waals surface area contributed by atoms with Gasteiger partial charge in [0.15, 0.2) is 0 Å². The molecule has 0 aliphatic carbocycles. The van der Waals surface area contributed by atoms with E-state index in [0.29, 0.717) is 13.0 Å². The van der Waals surface area contributed by atoms with Gasteiger partial charge >= 0.3 is 5.97 Å². The van der Waals surface area contributed by atoms with Gasteiger partial charge in [0.2, 0.25) is 5.91 Å². The Morgan fingerprint density at radius 1 is 1.14 bits per heavy atom. The molecule has 0 spiro atoms. The number of carboxylic acid groups (broad SMARTS) is 1. The molecule has 0 saturated heterocycles. The van der Waals surface area contributed by atoms with E-state index < -0.39 is 12.0 Å². The number of hydrogen-bond donors (Lipinski definition) is 3. The van der Waals surface area contributed by atoms with Crippen LogP contribution in [0.4, 0.5) is 0 Å². The maximum absolute atomic E-state index is 11.9. The molecule has 0 heterocycles. The predicted molar refractivity (Wildman–Crippen MR) is 81.8 cm³/mol. The van der Waals surface area contributed by atoms with Crippen LogP contribution >= 0.6 is 0 Å². The first-order valence-corrected chi connectivity index (χ1v) is 7.32. The number of benzene rings is 1. The summed E-state index contributed by atoms with van der Waals surface area (Å²) in [6, 6.07) is 6.96. The van der Waals surface area contributed by atoms with Crippen molar-refractivity contribution in [2.75, 3.05) is 6.54 Å². The summed E-state index contributed by atoms with van der Waals surface area (Å²) in [6.07, 6.45) is 3.52. The Hall–Kier alpha value is -1.88. The summed E-state index contributed by atoms with van der Waals surface area (Å²) in [6.45, 7) is 2.56. The van der Waals surface area contributed by atoms with Crippen LogP contribution in [0.5, 0.6) is 0 Å². The molecule has 1 amide bonds. The van der Waals surface area contributed by atoms with Gasteiger partial charge in [-0.3, -0.25) is 9.59 Å². The molecule has 1 unspecified atom stereocenters. The minimum atomic E-state index is -0.757. The topological polar surface area (TPSA) is 92.4 Å². The molecule has 116 valence electrons. The monoisotopic (exact) mass is 292 g/mol. The Labute approximate surface area is 125 Å². The van der Waals surface area contributed by atoms with Gasteiger partial charge in [-0.2, -0.15) is 0 Å². The minimum absolute atomic E-state index is 0.176. The van der Waals surface area contributed by atoms with E-state index >= 15 is 0 Å². The fourth-order valence-electron chi connectivity index (χ4n) is 2.00. The van der Waals surface area contributed by atoms with Crippen molar-refractivity contribution >= 4 is 11.9 Å². The summed E-state index contributed by atoms with van der Waals surface area (Å²) in [5.41, 5.74) is 7.84. The number of carbonyl (C=O) groups is 2. The summed E-state index contributed by atoms with van der Waals surface area (Å²) in [4.78, 5) is 22.2. The van der Waals surface area contributed by atoms with Crippen LogP contribution in [0.1, 0.15) is 49.3 Å². The van der Waals surface area contributed by atoms with Gasteiger partial charge in [-0.1, -0.05) is 42.7 Å². The van der Waals surface area contributed by atoms with Crippen LogP contribution in [-0.4, -0.2) is 23.5 Å². The Balaban J connectivity index is 2.18. The Morgan fingerprint density at radius 2 is 1.76 bits per heavy atom. The average Bonchev–Trinajstić information content (AvgIpc) is 2.45. The van der Waals surface area contributed by atoms with Gasteiger partial charge in [0, 0.05) is 13.0 Å². The standard InChI is InChI=1S/C16H24N2O3/c1-12-7-9-13(10-8-12)15(17)16(21)18-11-5-3-2-4-6-14(19)20/h7-10,15H,2-6,11,17H2,1H3,(H,18,21)(H,19,20). The summed E-state index contributed by atoms with van der Waals surface area (Å²) in [5, 5.41) is 11.3. The lowest BCUT2D eigenvalue weighted by molar-refractivity contribution is -0.137. The van der Waals surface area contributed by atoms with Crippen LogP contribution in [-0.2, 0) is 9.59 Å². The highest BCUT2D eigenvalue weighted by Gasteiger charge is 2.14. The largest absolute Gasteiger partial charge is 0.481 e. The number of unbranched alkanes of at least 4 members (excludes halogenated alkanes) is 3. The maximum atomic E-state index is 11.9. The lowest BCUT2D eigenvalue weighted by Gasteiger charge is -2.12. The number of nitrogens with one attached hydrogen (secondary N) is 1. The third-order valence-electron chi connectivity index (χ3n) is 3.34. The normalized spacial score (nSPS) is 11.9. The zero-order valence-corrected chi connectivity index (χ0v) is 12.5. The maximum Gasteiger partial charge on any atom is 0.303 e. The second-order valence-electron chi connectivity index (χ2n) is 5.24. The van der Waals surface area contributed by atoms with Crippen molar-refractivity contribution in [1.29, 1.82) is 0 Å². The van der Waals surface area contributed by atoms with Gasteiger partial charge in [-0.05, 0) is 25.3 Å². The molecule has 1 atom stereocenters. The van der Waals surface area contributed by atoms with E-state index in [-0.39, 0.29) is 12.3 Å². The van der Waals surface area contributed by atoms with E-state index in [4.69, 9.17) is 10.8 Å². The average molecular weight is 292 g/mol. The van der Waals surface area contributed by atoms with E-state index in [9.17, 15) is 9.59 Å². The van der Waals surface area contributed by atoms with Crippen LogP contribution in [0.15, 0.2) is 24.3 Å². The molecule has 0 aromatic heterocycles. The Kier molecular flexibility index (Phi) is 7.46. The van der Waals surface area contributed by atoms with E-state index in [1.165, 1.54) is 0 Å². The smallest absolute Gasteiger partial charge is 0.303 e. The highest BCUT2D eigenvalue weighted by atomic mass is 16.4. The van der Waals surface area contributed by atoms with Crippen LogP contribution in [0.2, 0.25) is 0 Å². The van der Waals surface area contributed by atoms with Crippen LogP contribution in [0.25, 0.3) is 0 Å². The fourth-order valence-corrected chi connectivity index (χ4v) is 2.00. The molecule has 1 aromatic carbocycles. The third-order valence-corrected chi connectivity index (χ3v) is 3.34. The van der Waals surface area contributed by atoms with Crippen molar-refractivity contribution < 1.29 is 14.7 Å². The second kappa shape index (κ2) is 9.13. The van der Waals surface area contributed by atoms with Gasteiger partial charge in [0.1, 0.15) is 6.04 Å². The number of carboxylic acids is 1. The molecule has 1 rings (SSSR count). The first-order chi connectivity index (χ1) is 10.0. The SMILES string of the molecule is Cc1ccc(C(N)C(=O)NCCCCCCC(=O)O)cc1. The summed E-state index contributed by atoms with van der Waals surface area (Å²) in [7, 11) is 0.